The van der Waals surface area contributed by atoms with Gasteiger partial charge in [0.1, 0.15) is 5.37 Å². The summed E-state index contributed by atoms with van der Waals surface area (Å²) in [5.74, 6) is 2.39. The fourth-order valence-corrected chi connectivity index (χ4v) is 5.81. The van der Waals surface area contributed by atoms with Crippen LogP contribution in [0, 0.1) is 6.92 Å². The van der Waals surface area contributed by atoms with Crippen LogP contribution >= 0.6 is 23.5 Å². The summed E-state index contributed by atoms with van der Waals surface area (Å²) in [5, 5.41) is 2.98. The Bertz CT molecular complexity index is 1090. The number of thioether (sulfide) groups is 2. The molecular weight excluding hydrogens is 448 g/mol. The van der Waals surface area contributed by atoms with E-state index < -0.39 is 0 Å². The van der Waals surface area contributed by atoms with Gasteiger partial charge in [0.25, 0.3) is 5.91 Å². The number of rotatable bonds is 9. The van der Waals surface area contributed by atoms with Crippen LogP contribution in [-0.4, -0.2) is 34.8 Å². The predicted molar refractivity (Wildman–Crippen MR) is 138 cm³/mol. The quantitative estimate of drug-likeness (QED) is 0.418. The van der Waals surface area contributed by atoms with Gasteiger partial charge in [0.15, 0.2) is 0 Å². The molecule has 1 heterocycles. The Labute approximate surface area is 204 Å². The van der Waals surface area contributed by atoms with Gasteiger partial charge >= 0.3 is 0 Å². The van der Waals surface area contributed by atoms with Crippen LogP contribution in [0.15, 0.2) is 78.9 Å². The van der Waals surface area contributed by atoms with Gasteiger partial charge in [-0.15, -0.1) is 11.8 Å². The molecule has 1 aliphatic heterocycles. The topological polar surface area (TPSA) is 49.4 Å². The largest absolute Gasteiger partial charge is 0.351 e. The third kappa shape index (κ3) is 6.42. The summed E-state index contributed by atoms with van der Waals surface area (Å²) in [6.45, 7) is 3.33. The Hall–Kier alpha value is -2.70. The van der Waals surface area contributed by atoms with Crippen molar-refractivity contribution in [3.05, 3.63) is 107 Å². The maximum Gasteiger partial charge on any atom is 0.251 e. The molecule has 1 saturated heterocycles. The second-order valence-corrected chi connectivity index (χ2v) is 10.3. The van der Waals surface area contributed by atoms with Gasteiger partial charge in [0.05, 0.1) is 5.75 Å². The van der Waals surface area contributed by atoms with Gasteiger partial charge in [-0.25, -0.2) is 0 Å². The minimum absolute atomic E-state index is 0.0205. The number of aryl methyl sites for hydroxylation is 1. The van der Waals surface area contributed by atoms with Crippen molar-refractivity contribution in [3.8, 4) is 0 Å². The van der Waals surface area contributed by atoms with E-state index >= 15 is 0 Å². The summed E-state index contributed by atoms with van der Waals surface area (Å²) in [7, 11) is 0. The van der Waals surface area contributed by atoms with Crippen LogP contribution in [0.3, 0.4) is 0 Å². The maximum absolute atomic E-state index is 12.5. The predicted octanol–water partition coefficient (Wildman–Crippen LogP) is 5.43. The standard InChI is InChI=1S/C27H28N2O2S2/c1-20-6-5-9-22(16-20)18-32-15-14-28-26(31)23-10-12-24(13-11-23)27-29(25(30)19-33-27)17-21-7-3-2-4-8-21/h2-13,16,27H,14-15,17-19H2,1H3,(H,28,31)/t27-/m1/s1. The van der Waals surface area contributed by atoms with Crippen molar-refractivity contribution in [2.24, 2.45) is 0 Å². The number of amides is 2. The molecule has 0 aliphatic carbocycles. The first kappa shape index (κ1) is 23.5. The number of nitrogens with one attached hydrogen (secondary N) is 1. The van der Waals surface area contributed by atoms with Crippen LogP contribution in [0.4, 0.5) is 0 Å². The van der Waals surface area contributed by atoms with E-state index in [1.165, 1.54) is 11.1 Å². The van der Waals surface area contributed by atoms with E-state index in [2.05, 4.69) is 36.5 Å². The number of hydrogen-bond donors (Lipinski definition) is 1. The van der Waals surface area contributed by atoms with Crippen molar-refractivity contribution in [3.63, 3.8) is 0 Å². The van der Waals surface area contributed by atoms with E-state index in [-0.39, 0.29) is 17.2 Å². The average Bonchev–Trinajstić information content (AvgIpc) is 3.19. The molecule has 3 aromatic rings. The Morgan fingerprint density at radius 3 is 2.55 bits per heavy atom. The third-order valence-electron chi connectivity index (χ3n) is 5.51. The van der Waals surface area contributed by atoms with E-state index in [1.54, 1.807) is 11.8 Å². The van der Waals surface area contributed by atoms with Crippen molar-refractivity contribution >= 4 is 35.3 Å². The maximum atomic E-state index is 12.5. The fourth-order valence-electron chi connectivity index (χ4n) is 3.81. The molecule has 0 radical (unpaired) electrons. The second kappa shape index (κ2) is 11.4. The highest BCUT2D eigenvalue weighted by Crippen LogP contribution is 2.39. The lowest BCUT2D eigenvalue weighted by atomic mass is 10.1. The Balaban J connectivity index is 1.27. The van der Waals surface area contributed by atoms with Crippen LogP contribution in [0.1, 0.15) is 38.0 Å². The van der Waals surface area contributed by atoms with E-state index in [0.29, 0.717) is 24.4 Å². The molecule has 4 rings (SSSR count). The van der Waals surface area contributed by atoms with E-state index in [0.717, 1.165) is 22.6 Å². The lowest BCUT2D eigenvalue weighted by Crippen LogP contribution is -2.28. The molecule has 1 N–H and O–H groups in total. The molecule has 1 fully saturated rings. The molecule has 6 heteroatoms. The van der Waals surface area contributed by atoms with Crippen LogP contribution in [0.2, 0.25) is 0 Å². The van der Waals surface area contributed by atoms with Crippen molar-refractivity contribution in [2.45, 2.75) is 24.6 Å². The summed E-state index contributed by atoms with van der Waals surface area (Å²) < 4.78 is 0. The molecule has 0 spiro atoms. The third-order valence-corrected chi connectivity index (χ3v) is 7.79. The first-order valence-corrected chi connectivity index (χ1v) is 13.3. The highest BCUT2D eigenvalue weighted by molar-refractivity contribution is 8.00. The Morgan fingerprint density at radius 2 is 1.79 bits per heavy atom. The van der Waals surface area contributed by atoms with Crippen LogP contribution in [-0.2, 0) is 17.1 Å². The molecule has 0 unspecified atom stereocenters. The zero-order chi connectivity index (χ0) is 23.0. The van der Waals surface area contributed by atoms with Gasteiger partial charge in [0, 0.05) is 30.2 Å². The van der Waals surface area contributed by atoms with E-state index in [4.69, 9.17) is 0 Å². The van der Waals surface area contributed by atoms with Crippen molar-refractivity contribution < 1.29 is 9.59 Å². The normalized spacial score (nSPS) is 15.6. The number of benzene rings is 3. The highest BCUT2D eigenvalue weighted by Gasteiger charge is 2.32. The van der Waals surface area contributed by atoms with Crippen molar-refractivity contribution in [1.82, 2.24) is 10.2 Å². The van der Waals surface area contributed by atoms with Gasteiger partial charge in [0.2, 0.25) is 5.91 Å². The molecule has 1 atom stereocenters. The number of nitrogens with zero attached hydrogens (tertiary/aromatic N) is 1. The van der Waals surface area contributed by atoms with E-state index in [1.807, 2.05) is 71.3 Å². The molecule has 2 amide bonds. The molecule has 0 bridgehead atoms. The number of hydrogen-bond acceptors (Lipinski definition) is 4. The summed E-state index contributed by atoms with van der Waals surface area (Å²) >= 11 is 3.45. The number of carbonyl (C=O) groups is 2. The van der Waals surface area contributed by atoms with Crippen molar-refractivity contribution in [2.75, 3.05) is 18.1 Å². The van der Waals surface area contributed by atoms with Gasteiger partial charge in [-0.1, -0.05) is 72.3 Å². The minimum atomic E-state index is -0.0611. The van der Waals surface area contributed by atoms with Gasteiger partial charge in [-0.2, -0.15) is 11.8 Å². The number of carbonyl (C=O) groups excluding carboxylic acids is 2. The van der Waals surface area contributed by atoms with Gasteiger partial charge in [-0.3, -0.25) is 9.59 Å². The molecule has 33 heavy (non-hydrogen) atoms. The second-order valence-electron chi connectivity index (χ2n) is 8.09. The molecule has 4 nitrogen and oxygen atoms in total. The Morgan fingerprint density at radius 1 is 1.03 bits per heavy atom. The average molecular weight is 477 g/mol. The highest BCUT2D eigenvalue weighted by atomic mass is 32.2. The molecule has 0 saturated carbocycles. The zero-order valence-corrected chi connectivity index (χ0v) is 20.3. The van der Waals surface area contributed by atoms with Crippen LogP contribution < -0.4 is 5.32 Å². The fraction of sp³-hybridized carbons (Fsp3) is 0.259. The van der Waals surface area contributed by atoms with Crippen LogP contribution in [0.25, 0.3) is 0 Å². The zero-order valence-electron chi connectivity index (χ0n) is 18.7. The smallest absolute Gasteiger partial charge is 0.251 e. The summed E-state index contributed by atoms with van der Waals surface area (Å²) in [6.07, 6.45) is 0. The molecule has 1 aliphatic rings. The van der Waals surface area contributed by atoms with Crippen molar-refractivity contribution in [1.29, 1.82) is 0 Å². The van der Waals surface area contributed by atoms with Gasteiger partial charge in [-0.05, 0) is 35.7 Å². The first-order valence-electron chi connectivity index (χ1n) is 11.1. The minimum Gasteiger partial charge on any atom is -0.351 e. The lowest BCUT2D eigenvalue weighted by molar-refractivity contribution is -0.128. The summed E-state index contributed by atoms with van der Waals surface area (Å²) in [5.41, 5.74) is 5.40. The van der Waals surface area contributed by atoms with E-state index in [9.17, 15) is 9.59 Å². The lowest BCUT2D eigenvalue weighted by Gasteiger charge is -2.24. The molecule has 3 aromatic carbocycles. The molecule has 0 aromatic heterocycles. The summed E-state index contributed by atoms with van der Waals surface area (Å²) in [6, 6.07) is 26.2. The SMILES string of the molecule is Cc1cccc(CSCCNC(=O)c2ccc([C@H]3SCC(=O)N3Cc3ccccc3)cc2)c1. The monoisotopic (exact) mass is 476 g/mol. The van der Waals surface area contributed by atoms with Crippen LogP contribution in [0.5, 0.6) is 0 Å². The molecule has 170 valence electrons. The van der Waals surface area contributed by atoms with Gasteiger partial charge < -0.3 is 10.2 Å². The summed E-state index contributed by atoms with van der Waals surface area (Å²) in [4.78, 5) is 26.9. The Kier molecular flexibility index (Phi) is 8.13. The first-order chi connectivity index (χ1) is 16.1. The molecular formula is C27H28N2O2S2.